The van der Waals surface area contributed by atoms with Crippen LogP contribution < -0.4 is 15.4 Å². The van der Waals surface area contributed by atoms with E-state index in [4.69, 9.17) is 4.74 Å². The van der Waals surface area contributed by atoms with Crippen LogP contribution in [-0.4, -0.2) is 25.0 Å². The molecule has 0 bridgehead atoms. The fourth-order valence-corrected chi connectivity index (χ4v) is 2.63. The summed E-state index contributed by atoms with van der Waals surface area (Å²) in [4.78, 5) is 24.8. The van der Waals surface area contributed by atoms with Gasteiger partial charge in [-0.05, 0) is 30.0 Å². The molecule has 0 fully saturated rings. The van der Waals surface area contributed by atoms with Gasteiger partial charge in [0.15, 0.2) is 0 Å². The Kier molecular flexibility index (Phi) is 8.36. The van der Waals surface area contributed by atoms with Crippen molar-refractivity contribution in [3.63, 3.8) is 0 Å². The molecule has 5 nitrogen and oxygen atoms in total. The first-order valence-corrected chi connectivity index (χ1v) is 9.36. The van der Waals surface area contributed by atoms with Crippen LogP contribution in [0.3, 0.4) is 0 Å². The SMILES string of the molecule is CC(C)CC(=O)NC(C(=O)NCCCOc1ccccc1)c1ccccc1. The molecule has 0 aliphatic rings. The van der Waals surface area contributed by atoms with Crippen LogP contribution in [0.4, 0.5) is 0 Å². The van der Waals surface area contributed by atoms with Gasteiger partial charge in [-0.3, -0.25) is 9.59 Å². The second-order valence-electron chi connectivity index (χ2n) is 6.82. The van der Waals surface area contributed by atoms with E-state index in [1.807, 2.05) is 74.5 Å². The molecule has 0 saturated heterocycles. The molecule has 2 amide bonds. The maximum absolute atomic E-state index is 12.6. The van der Waals surface area contributed by atoms with Crippen LogP contribution in [0.25, 0.3) is 0 Å². The fraction of sp³-hybridized carbons (Fsp3) is 0.364. The molecule has 2 aromatic carbocycles. The largest absolute Gasteiger partial charge is 0.494 e. The zero-order valence-corrected chi connectivity index (χ0v) is 16.0. The zero-order valence-electron chi connectivity index (χ0n) is 16.0. The number of hydrogen-bond donors (Lipinski definition) is 2. The molecule has 0 radical (unpaired) electrons. The van der Waals surface area contributed by atoms with Gasteiger partial charge < -0.3 is 15.4 Å². The quantitative estimate of drug-likeness (QED) is 0.631. The molecule has 0 aromatic heterocycles. The van der Waals surface area contributed by atoms with E-state index in [2.05, 4.69) is 10.6 Å². The van der Waals surface area contributed by atoms with Crippen molar-refractivity contribution in [1.82, 2.24) is 10.6 Å². The lowest BCUT2D eigenvalue weighted by atomic mass is 10.0. The van der Waals surface area contributed by atoms with E-state index in [9.17, 15) is 9.59 Å². The van der Waals surface area contributed by atoms with Crippen molar-refractivity contribution in [2.24, 2.45) is 5.92 Å². The topological polar surface area (TPSA) is 67.4 Å². The Balaban J connectivity index is 1.84. The van der Waals surface area contributed by atoms with Crippen molar-refractivity contribution < 1.29 is 14.3 Å². The lowest BCUT2D eigenvalue weighted by Crippen LogP contribution is -2.41. The Morgan fingerprint density at radius 2 is 1.59 bits per heavy atom. The zero-order chi connectivity index (χ0) is 19.5. The van der Waals surface area contributed by atoms with Gasteiger partial charge in [-0.15, -0.1) is 0 Å². The number of carbonyl (C=O) groups excluding carboxylic acids is 2. The molecule has 0 heterocycles. The predicted molar refractivity (Wildman–Crippen MR) is 106 cm³/mol. The smallest absolute Gasteiger partial charge is 0.247 e. The van der Waals surface area contributed by atoms with E-state index in [0.29, 0.717) is 26.0 Å². The Hall–Kier alpha value is -2.82. The van der Waals surface area contributed by atoms with E-state index < -0.39 is 6.04 Å². The Morgan fingerprint density at radius 1 is 0.963 bits per heavy atom. The fourth-order valence-electron chi connectivity index (χ4n) is 2.63. The van der Waals surface area contributed by atoms with Gasteiger partial charge in [0, 0.05) is 13.0 Å². The van der Waals surface area contributed by atoms with Gasteiger partial charge in [-0.1, -0.05) is 62.4 Å². The Morgan fingerprint density at radius 3 is 2.22 bits per heavy atom. The summed E-state index contributed by atoms with van der Waals surface area (Å²) in [5.41, 5.74) is 0.771. The summed E-state index contributed by atoms with van der Waals surface area (Å²) in [5.74, 6) is 0.714. The molecule has 2 rings (SSSR count). The minimum atomic E-state index is -0.688. The highest BCUT2D eigenvalue weighted by Gasteiger charge is 2.22. The minimum absolute atomic E-state index is 0.124. The minimum Gasteiger partial charge on any atom is -0.494 e. The lowest BCUT2D eigenvalue weighted by molar-refractivity contribution is -0.129. The molecule has 0 spiro atoms. The molecule has 5 heteroatoms. The molecule has 2 aromatic rings. The van der Waals surface area contributed by atoms with Crippen LogP contribution in [-0.2, 0) is 9.59 Å². The highest BCUT2D eigenvalue weighted by molar-refractivity contribution is 5.88. The number of ether oxygens (including phenoxy) is 1. The van der Waals surface area contributed by atoms with Crippen molar-refractivity contribution in [3.05, 3.63) is 66.2 Å². The first-order chi connectivity index (χ1) is 13.1. The van der Waals surface area contributed by atoms with Crippen LogP contribution in [0.5, 0.6) is 5.75 Å². The summed E-state index contributed by atoms with van der Waals surface area (Å²) >= 11 is 0. The Labute approximate surface area is 161 Å². The van der Waals surface area contributed by atoms with Crippen LogP contribution >= 0.6 is 0 Å². The average molecular weight is 368 g/mol. The highest BCUT2D eigenvalue weighted by Crippen LogP contribution is 2.14. The molecule has 0 saturated carbocycles. The van der Waals surface area contributed by atoms with E-state index in [1.54, 1.807) is 0 Å². The van der Waals surface area contributed by atoms with Gasteiger partial charge in [0.2, 0.25) is 11.8 Å². The first kappa shape index (κ1) is 20.5. The summed E-state index contributed by atoms with van der Waals surface area (Å²) < 4.78 is 5.62. The molecule has 0 aliphatic carbocycles. The van der Waals surface area contributed by atoms with Crippen molar-refractivity contribution in [2.45, 2.75) is 32.7 Å². The number of benzene rings is 2. The van der Waals surface area contributed by atoms with Crippen LogP contribution in [0, 0.1) is 5.92 Å². The third-order valence-corrected chi connectivity index (χ3v) is 3.93. The maximum Gasteiger partial charge on any atom is 0.247 e. The Bertz CT molecular complexity index is 702. The summed E-state index contributed by atoms with van der Waals surface area (Å²) in [6, 6.07) is 18.2. The molecule has 2 N–H and O–H groups in total. The van der Waals surface area contributed by atoms with Crippen molar-refractivity contribution in [1.29, 1.82) is 0 Å². The summed E-state index contributed by atoms with van der Waals surface area (Å²) in [6.45, 7) is 4.95. The number of carbonyl (C=O) groups is 2. The summed E-state index contributed by atoms with van der Waals surface area (Å²) in [7, 11) is 0. The molecule has 0 aliphatic heterocycles. The van der Waals surface area contributed by atoms with E-state index >= 15 is 0 Å². The van der Waals surface area contributed by atoms with Gasteiger partial charge >= 0.3 is 0 Å². The van der Waals surface area contributed by atoms with Crippen molar-refractivity contribution in [2.75, 3.05) is 13.2 Å². The summed E-state index contributed by atoms with van der Waals surface area (Å²) in [6.07, 6.45) is 1.07. The molecule has 1 unspecified atom stereocenters. The van der Waals surface area contributed by atoms with Crippen LogP contribution in [0.15, 0.2) is 60.7 Å². The van der Waals surface area contributed by atoms with E-state index in [0.717, 1.165) is 11.3 Å². The third-order valence-electron chi connectivity index (χ3n) is 3.93. The standard InChI is InChI=1S/C22H28N2O3/c1-17(2)16-20(25)24-21(18-10-5-3-6-11-18)22(26)23-14-9-15-27-19-12-7-4-8-13-19/h3-8,10-13,17,21H,9,14-16H2,1-2H3,(H,23,26)(H,24,25). The first-order valence-electron chi connectivity index (χ1n) is 9.36. The van der Waals surface area contributed by atoms with Gasteiger partial charge in [0.1, 0.15) is 11.8 Å². The van der Waals surface area contributed by atoms with Gasteiger partial charge in [-0.2, -0.15) is 0 Å². The normalized spacial score (nSPS) is 11.7. The monoisotopic (exact) mass is 368 g/mol. The maximum atomic E-state index is 12.6. The molecular weight excluding hydrogens is 340 g/mol. The van der Waals surface area contributed by atoms with Gasteiger partial charge in [0.05, 0.1) is 6.61 Å². The average Bonchev–Trinajstić information content (AvgIpc) is 2.66. The lowest BCUT2D eigenvalue weighted by Gasteiger charge is -2.19. The molecule has 27 heavy (non-hydrogen) atoms. The van der Waals surface area contributed by atoms with Crippen molar-refractivity contribution in [3.8, 4) is 5.75 Å². The summed E-state index contributed by atoms with van der Waals surface area (Å²) in [5, 5.41) is 5.74. The number of rotatable bonds is 10. The van der Waals surface area contributed by atoms with E-state index in [1.165, 1.54) is 0 Å². The highest BCUT2D eigenvalue weighted by atomic mass is 16.5. The van der Waals surface area contributed by atoms with E-state index in [-0.39, 0.29) is 17.7 Å². The second kappa shape index (κ2) is 11.0. The number of nitrogens with one attached hydrogen (secondary N) is 2. The van der Waals surface area contributed by atoms with Gasteiger partial charge in [0.25, 0.3) is 0 Å². The molecule has 144 valence electrons. The van der Waals surface area contributed by atoms with Crippen LogP contribution in [0.1, 0.15) is 38.3 Å². The number of amides is 2. The van der Waals surface area contributed by atoms with Crippen LogP contribution in [0.2, 0.25) is 0 Å². The molecular formula is C22H28N2O3. The predicted octanol–water partition coefficient (Wildman–Crippen LogP) is 3.48. The number of hydrogen-bond acceptors (Lipinski definition) is 3. The number of para-hydroxylation sites is 1. The third kappa shape index (κ3) is 7.52. The van der Waals surface area contributed by atoms with Crippen molar-refractivity contribution >= 4 is 11.8 Å². The molecule has 1 atom stereocenters. The van der Waals surface area contributed by atoms with Gasteiger partial charge in [-0.25, -0.2) is 0 Å². The second-order valence-corrected chi connectivity index (χ2v) is 6.82.